The molecule has 108 valence electrons. The monoisotopic (exact) mass is 285 g/mol. The highest BCUT2D eigenvalue weighted by atomic mass is 16.4. The second-order valence-corrected chi connectivity index (χ2v) is 4.82. The van der Waals surface area contributed by atoms with Gasteiger partial charge in [0.1, 0.15) is 23.0 Å². The van der Waals surface area contributed by atoms with E-state index >= 15 is 0 Å². The van der Waals surface area contributed by atoms with Crippen LogP contribution in [0.15, 0.2) is 28.7 Å². The first-order valence-electron chi connectivity index (χ1n) is 6.77. The summed E-state index contributed by atoms with van der Waals surface area (Å²) in [4.78, 5) is 19.9. The van der Waals surface area contributed by atoms with Crippen LogP contribution in [0.1, 0.15) is 19.7 Å². The number of carboxylic acids is 1. The Labute approximate surface area is 120 Å². The van der Waals surface area contributed by atoms with E-state index in [1.807, 2.05) is 31.2 Å². The first-order valence-corrected chi connectivity index (χ1v) is 6.77. The summed E-state index contributed by atoms with van der Waals surface area (Å²) < 4.78 is 5.78. The molecule has 0 unspecified atom stereocenters. The van der Waals surface area contributed by atoms with Crippen LogP contribution in [0.3, 0.4) is 0 Å². The predicted molar refractivity (Wildman–Crippen MR) is 79.4 cm³/mol. The number of anilines is 1. The Bertz CT molecular complexity index is 826. The number of hydrogen-bond acceptors (Lipinski definition) is 5. The molecular weight excluding hydrogens is 270 g/mol. The maximum Gasteiger partial charge on any atom is 0.325 e. The number of nitrogens with one attached hydrogen (secondary N) is 1. The van der Waals surface area contributed by atoms with Crippen LogP contribution in [0.25, 0.3) is 22.1 Å². The Morgan fingerprint density at radius 1 is 1.38 bits per heavy atom. The highest BCUT2D eigenvalue weighted by Crippen LogP contribution is 2.31. The molecule has 0 aliphatic rings. The average molecular weight is 285 g/mol. The van der Waals surface area contributed by atoms with Crippen molar-refractivity contribution in [2.24, 2.45) is 0 Å². The van der Waals surface area contributed by atoms with Gasteiger partial charge in [-0.3, -0.25) is 4.79 Å². The molecule has 3 rings (SSSR count). The van der Waals surface area contributed by atoms with E-state index < -0.39 is 12.0 Å². The maximum absolute atomic E-state index is 11.0. The molecule has 0 fully saturated rings. The van der Waals surface area contributed by atoms with Crippen LogP contribution in [0, 0.1) is 0 Å². The maximum atomic E-state index is 11.0. The van der Waals surface area contributed by atoms with E-state index in [2.05, 4.69) is 15.3 Å². The van der Waals surface area contributed by atoms with E-state index in [9.17, 15) is 4.79 Å². The van der Waals surface area contributed by atoms with Crippen molar-refractivity contribution in [3.63, 3.8) is 0 Å². The molecule has 21 heavy (non-hydrogen) atoms. The zero-order valence-corrected chi connectivity index (χ0v) is 11.8. The van der Waals surface area contributed by atoms with E-state index in [1.54, 1.807) is 6.92 Å². The topological polar surface area (TPSA) is 88.2 Å². The van der Waals surface area contributed by atoms with E-state index in [0.29, 0.717) is 34.7 Å². The SMILES string of the molecule is CCc1nc(N[C@H](C)C(=O)O)c2oc3ccccc3c2n1. The summed E-state index contributed by atoms with van der Waals surface area (Å²) in [5.41, 5.74) is 1.90. The zero-order chi connectivity index (χ0) is 15.0. The van der Waals surface area contributed by atoms with Crippen molar-refractivity contribution in [1.29, 1.82) is 0 Å². The van der Waals surface area contributed by atoms with Gasteiger partial charge in [-0.05, 0) is 19.1 Å². The summed E-state index contributed by atoms with van der Waals surface area (Å²) in [6, 6.07) is 6.82. The first-order chi connectivity index (χ1) is 10.1. The van der Waals surface area contributed by atoms with Crippen molar-refractivity contribution in [1.82, 2.24) is 9.97 Å². The van der Waals surface area contributed by atoms with Crippen LogP contribution in [-0.2, 0) is 11.2 Å². The second kappa shape index (κ2) is 5.05. The quantitative estimate of drug-likeness (QED) is 0.766. The third kappa shape index (κ3) is 2.29. The zero-order valence-electron chi connectivity index (χ0n) is 11.8. The number of aromatic nitrogens is 2. The lowest BCUT2D eigenvalue weighted by Crippen LogP contribution is -2.26. The molecule has 0 radical (unpaired) electrons. The summed E-state index contributed by atoms with van der Waals surface area (Å²) in [6.07, 6.45) is 0.658. The molecular formula is C15H15N3O3. The van der Waals surface area contributed by atoms with Gasteiger partial charge in [0.05, 0.1) is 0 Å². The molecule has 0 saturated carbocycles. The van der Waals surface area contributed by atoms with E-state index in [4.69, 9.17) is 9.52 Å². The van der Waals surface area contributed by atoms with E-state index in [1.165, 1.54) is 0 Å². The third-order valence-corrected chi connectivity index (χ3v) is 3.31. The van der Waals surface area contributed by atoms with Crippen molar-refractivity contribution in [3.8, 4) is 0 Å². The van der Waals surface area contributed by atoms with Gasteiger partial charge in [0.2, 0.25) is 0 Å². The minimum atomic E-state index is -0.948. The summed E-state index contributed by atoms with van der Waals surface area (Å²) in [5.74, 6) is 0.119. The second-order valence-electron chi connectivity index (χ2n) is 4.82. The summed E-state index contributed by atoms with van der Waals surface area (Å²) in [5, 5.41) is 12.8. The fourth-order valence-corrected chi connectivity index (χ4v) is 2.16. The average Bonchev–Trinajstić information content (AvgIpc) is 2.86. The van der Waals surface area contributed by atoms with Crippen LogP contribution >= 0.6 is 0 Å². The summed E-state index contributed by atoms with van der Waals surface area (Å²) in [7, 11) is 0. The largest absolute Gasteiger partial charge is 0.480 e. The number of hydrogen-bond donors (Lipinski definition) is 2. The van der Waals surface area contributed by atoms with Crippen LogP contribution < -0.4 is 5.32 Å². The van der Waals surface area contributed by atoms with Crippen molar-refractivity contribution in [3.05, 3.63) is 30.1 Å². The van der Waals surface area contributed by atoms with Gasteiger partial charge in [0, 0.05) is 11.8 Å². The van der Waals surface area contributed by atoms with Crippen molar-refractivity contribution in [2.45, 2.75) is 26.3 Å². The minimum Gasteiger partial charge on any atom is -0.480 e. The molecule has 2 aromatic heterocycles. The minimum absolute atomic E-state index is 0.419. The normalized spacial score (nSPS) is 12.7. The highest BCUT2D eigenvalue weighted by molar-refractivity contribution is 6.05. The van der Waals surface area contributed by atoms with Crippen molar-refractivity contribution < 1.29 is 14.3 Å². The molecule has 2 heterocycles. The van der Waals surface area contributed by atoms with Gasteiger partial charge >= 0.3 is 5.97 Å². The molecule has 6 heteroatoms. The molecule has 0 bridgehead atoms. The molecule has 0 spiro atoms. The first kappa shape index (κ1) is 13.4. The highest BCUT2D eigenvalue weighted by Gasteiger charge is 2.18. The summed E-state index contributed by atoms with van der Waals surface area (Å²) in [6.45, 7) is 3.51. The smallest absolute Gasteiger partial charge is 0.325 e. The molecule has 6 nitrogen and oxygen atoms in total. The number of carboxylic acid groups (broad SMARTS) is 1. The Kier molecular flexibility index (Phi) is 3.21. The number of nitrogens with zero attached hydrogens (tertiary/aromatic N) is 2. The lowest BCUT2D eigenvalue weighted by atomic mass is 10.2. The summed E-state index contributed by atoms with van der Waals surface area (Å²) >= 11 is 0. The van der Waals surface area contributed by atoms with Crippen molar-refractivity contribution >= 4 is 33.9 Å². The Morgan fingerprint density at radius 2 is 2.14 bits per heavy atom. The molecule has 0 aliphatic carbocycles. The number of furan rings is 1. The van der Waals surface area contributed by atoms with Gasteiger partial charge in [0.25, 0.3) is 0 Å². The molecule has 0 amide bonds. The number of para-hydroxylation sites is 1. The molecule has 0 aliphatic heterocycles. The van der Waals surface area contributed by atoms with Gasteiger partial charge in [0.15, 0.2) is 11.4 Å². The number of fused-ring (bicyclic) bond motifs is 3. The third-order valence-electron chi connectivity index (χ3n) is 3.31. The molecule has 1 atom stereocenters. The Balaban J connectivity index is 2.24. The Morgan fingerprint density at radius 3 is 2.86 bits per heavy atom. The predicted octanol–water partition coefficient (Wildman–Crippen LogP) is 2.82. The van der Waals surface area contributed by atoms with E-state index in [-0.39, 0.29) is 0 Å². The number of carbonyl (C=O) groups is 1. The standard InChI is InChI=1S/C15H15N3O3/c1-3-11-17-12-9-6-4-5-7-10(9)21-13(12)14(18-11)16-8(2)15(19)20/h4-8H,3H2,1-2H3,(H,19,20)(H,16,17,18)/t8-/m1/s1. The van der Waals surface area contributed by atoms with Gasteiger partial charge in [-0.2, -0.15) is 0 Å². The lowest BCUT2D eigenvalue weighted by molar-refractivity contribution is -0.137. The molecule has 0 saturated heterocycles. The lowest BCUT2D eigenvalue weighted by Gasteiger charge is -2.10. The van der Waals surface area contributed by atoms with Crippen LogP contribution in [0.4, 0.5) is 5.82 Å². The molecule has 1 aromatic carbocycles. The van der Waals surface area contributed by atoms with Gasteiger partial charge in [-0.25, -0.2) is 9.97 Å². The molecule has 2 N–H and O–H groups in total. The fraction of sp³-hybridized carbons (Fsp3) is 0.267. The fourth-order valence-electron chi connectivity index (χ4n) is 2.16. The van der Waals surface area contributed by atoms with Crippen LogP contribution in [-0.4, -0.2) is 27.1 Å². The number of aliphatic carboxylic acids is 1. The van der Waals surface area contributed by atoms with Crippen LogP contribution in [0.5, 0.6) is 0 Å². The van der Waals surface area contributed by atoms with Gasteiger partial charge in [-0.1, -0.05) is 19.1 Å². The number of rotatable bonds is 4. The number of aryl methyl sites for hydroxylation is 1. The Hall–Kier alpha value is -2.63. The van der Waals surface area contributed by atoms with E-state index in [0.717, 1.165) is 5.39 Å². The van der Waals surface area contributed by atoms with Gasteiger partial charge in [-0.15, -0.1) is 0 Å². The number of benzene rings is 1. The molecule has 3 aromatic rings. The van der Waals surface area contributed by atoms with Crippen molar-refractivity contribution in [2.75, 3.05) is 5.32 Å². The van der Waals surface area contributed by atoms with Gasteiger partial charge < -0.3 is 14.8 Å². The van der Waals surface area contributed by atoms with Crippen LogP contribution in [0.2, 0.25) is 0 Å².